The molecule has 3 atom stereocenters. The van der Waals surface area contributed by atoms with Gasteiger partial charge in [0.25, 0.3) is 0 Å². The third-order valence-electron chi connectivity index (χ3n) is 6.25. The van der Waals surface area contributed by atoms with Crippen molar-refractivity contribution in [3.63, 3.8) is 0 Å². The summed E-state index contributed by atoms with van der Waals surface area (Å²) in [6.45, 7) is 2.78. The van der Waals surface area contributed by atoms with Gasteiger partial charge in [-0.15, -0.1) is 0 Å². The van der Waals surface area contributed by atoms with Crippen molar-refractivity contribution in [1.29, 1.82) is 0 Å². The van der Waals surface area contributed by atoms with Gasteiger partial charge in [-0.3, -0.25) is 9.69 Å². The number of nitrogens with zero attached hydrogens (tertiary/aromatic N) is 2. The highest BCUT2D eigenvalue weighted by atomic mass is 19.1. The largest absolute Gasteiger partial charge is 0.375 e. The molecule has 4 nitrogen and oxygen atoms in total. The minimum Gasteiger partial charge on any atom is -0.375 e. The highest BCUT2D eigenvalue weighted by Gasteiger charge is 2.46. The van der Waals surface area contributed by atoms with Crippen LogP contribution in [0.25, 0.3) is 0 Å². The Bertz CT molecular complexity index is 861. The predicted molar refractivity (Wildman–Crippen MR) is 106 cm³/mol. The van der Waals surface area contributed by atoms with Crippen molar-refractivity contribution in [2.75, 3.05) is 33.4 Å². The van der Waals surface area contributed by atoms with Crippen LogP contribution >= 0.6 is 0 Å². The number of piperidine rings is 1. The molecule has 0 aromatic heterocycles. The van der Waals surface area contributed by atoms with E-state index in [-0.39, 0.29) is 30.4 Å². The zero-order valence-corrected chi connectivity index (χ0v) is 16.6. The van der Waals surface area contributed by atoms with Gasteiger partial charge in [-0.2, -0.15) is 0 Å². The lowest BCUT2D eigenvalue weighted by molar-refractivity contribution is -0.137. The number of methoxy groups -OCH3 is 1. The number of halogens is 2. The summed E-state index contributed by atoms with van der Waals surface area (Å²) in [4.78, 5) is 16.6. The molecule has 154 valence electrons. The Labute approximate surface area is 170 Å². The summed E-state index contributed by atoms with van der Waals surface area (Å²) < 4.78 is 33.1. The first-order valence-electron chi connectivity index (χ1n) is 10.1. The summed E-state index contributed by atoms with van der Waals surface area (Å²) in [6.07, 6.45) is 0.840. The van der Waals surface area contributed by atoms with E-state index in [9.17, 15) is 13.6 Å². The molecule has 29 heavy (non-hydrogen) atoms. The van der Waals surface area contributed by atoms with Crippen LogP contribution in [-0.4, -0.2) is 55.1 Å². The van der Waals surface area contributed by atoms with E-state index in [1.165, 1.54) is 18.7 Å². The molecule has 0 bridgehead atoms. The molecule has 0 radical (unpaired) electrons. The Kier molecular flexibility index (Phi) is 5.92. The van der Waals surface area contributed by atoms with Crippen LogP contribution in [0.3, 0.4) is 0 Å². The molecule has 2 saturated heterocycles. The van der Waals surface area contributed by atoms with Crippen LogP contribution in [-0.2, 0) is 16.1 Å². The minimum atomic E-state index is -0.567. The number of carbonyl (C=O) groups excluding carboxylic acids is 1. The summed E-state index contributed by atoms with van der Waals surface area (Å²) in [6, 6.07) is 14.3. The van der Waals surface area contributed by atoms with E-state index in [2.05, 4.69) is 17.0 Å². The van der Waals surface area contributed by atoms with E-state index in [1.807, 2.05) is 23.1 Å². The minimum absolute atomic E-state index is 0.0363. The molecular formula is C23H26F2N2O2. The molecule has 2 aromatic carbocycles. The zero-order chi connectivity index (χ0) is 20.4. The number of likely N-dealkylation sites (tertiary alicyclic amines) is 2. The Balaban J connectivity index is 1.61. The summed E-state index contributed by atoms with van der Waals surface area (Å²) >= 11 is 0. The van der Waals surface area contributed by atoms with Crippen molar-refractivity contribution < 1.29 is 18.3 Å². The smallest absolute Gasteiger partial charge is 0.248 e. The molecule has 2 heterocycles. The summed E-state index contributed by atoms with van der Waals surface area (Å²) in [5, 5.41) is 0. The van der Waals surface area contributed by atoms with Gasteiger partial charge in [0, 0.05) is 57.2 Å². The number of carbonyl (C=O) groups is 1. The van der Waals surface area contributed by atoms with Crippen molar-refractivity contribution in [2.24, 2.45) is 5.92 Å². The molecule has 2 aliphatic heterocycles. The normalized spacial score (nSPS) is 24.5. The maximum Gasteiger partial charge on any atom is 0.248 e. The summed E-state index contributed by atoms with van der Waals surface area (Å²) in [5.41, 5.74) is 1.75. The Hall–Kier alpha value is -2.31. The van der Waals surface area contributed by atoms with Crippen molar-refractivity contribution in [1.82, 2.24) is 9.80 Å². The van der Waals surface area contributed by atoms with E-state index in [0.717, 1.165) is 19.0 Å². The maximum absolute atomic E-state index is 14.6. The van der Waals surface area contributed by atoms with Gasteiger partial charge in [0.05, 0.1) is 0 Å². The van der Waals surface area contributed by atoms with Gasteiger partial charge in [-0.25, -0.2) is 8.78 Å². The van der Waals surface area contributed by atoms with Crippen LogP contribution in [0.1, 0.15) is 23.5 Å². The summed E-state index contributed by atoms with van der Waals surface area (Å²) in [5.74, 6) is -1.08. The number of rotatable bonds is 5. The fourth-order valence-electron chi connectivity index (χ4n) is 4.91. The second-order valence-corrected chi connectivity index (χ2v) is 7.98. The van der Waals surface area contributed by atoms with Gasteiger partial charge >= 0.3 is 0 Å². The van der Waals surface area contributed by atoms with Crippen LogP contribution in [0, 0.1) is 17.6 Å². The molecule has 0 N–H and O–H groups in total. The molecular weight excluding hydrogens is 374 g/mol. The molecule has 0 unspecified atom stereocenters. The third-order valence-corrected chi connectivity index (χ3v) is 6.25. The van der Waals surface area contributed by atoms with E-state index in [1.54, 1.807) is 6.07 Å². The first kappa shape index (κ1) is 20.0. The molecule has 2 aromatic rings. The molecule has 2 aliphatic rings. The Morgan fingerprint density at radius 1 is 1.14 bits per heavy atom. The average Bonchev–Trinajstić information content (AvgIpc) is 3.06. The van der Waals surface area contributed by atoms with Crippen molar-refractivity contribution >= 4 is 5.91 Å². The van der Waals surface area contributed by atoms with Gasteiger partial charge in [0.15, 0.2) is 0 Å². The zero-order valence-electron chi connectivity index (χ0n) is 16.6. The van der Waals surface area contributed by atoms with E-state index < -0.39 is 11.6 Å². The van der Waals surface area contributed by atoms with Gasteiger partial charge in [-0.05, 0) is 23.6 Å². The first-order chi connectivity index (χ1) is 14.1. The van der Waals surface area contributed by atoms with E-state index >= 15 is 0 Å². The highest BCUT2D eigenvalue weighted by Crippen LogP contribution is 2.43. The lowest BCUT2D eigenvalue weighted by Crippen LogP contribution is -2.49. The average molecular weight is 400 g/mol. The van der Waals surface area contributed by atoms with E-state index in [0.29, 0.717) is 25.2 Å². The van der Waals surface area contributed by atoms with Crippen molar-refractivity contribution in [3.05, 3.63) is 71.3 Å². The topological polar surface area (TPSA) is 32.8 Å². The molecule has 6 heteroatoms. The van der Waals surface area contributed by atoms with Gasteiger partial charge in [-0.1, -0.05) is 36.4 Å². The van der Waals surface area contributed by atoms with Crippen LogP contribution in [0.4, 0.5) is 8.78 Å². The number of fused-ring (bicyclic) bond motifs is 1. The monoisotopic (exact) mass is 400 g/mol. The van der Waals surface area contributed by atoms with Gasteiger partial charge in [0.1, 0.15) is 18.2 Å². The highest BCUT2D eigenvalue weighted by molar-refractivity contribution is 5.77. The lowest BCUT2D eigenvalue weighted by atomic mass is 9.81. The van der Waals surface area contributed by atoms with Crippen molar-refractivity contribution in [2.45, 2.75) is 24.9 Å². The number of amides is 1. The fraction of sp³-hybridized carbons (Fsp3) is 0.435. The molecule has 2 fully saturated rings. The van der Waals surface area contributed by atoms with Gasteiger partial charge < -0.3 is 9.64 Å². The number of hydrogen-bond donors (Lipinski definition) is 0. The molecule has 0 aliphatic carbocycles. The maximum atomic E-state index is 14.6. The second-order valence-electron chi connectivity index (χ2n) is 7.98. The number of ether oxygens (including phenoxy) is 1. The Morgan fingerprint density at radius 3 is 2.66 bits per heavy atom. The van der Waals surface area contributed by atoms with Crippen LogP contribution in [0.15, 0.2) is 48.5 Å². The standard InChI is InChI=1S/C23H26F2N2O2/c1-29-15-23(28)26-10-9-22-20(14-26)19(18-8-7-17(24)11-21(18)25)13-27(22)12-16-5-3-2-4-6-16/h2-8,11,19-20,22H,9-10,12-15H2,1H3/t19-,20-,22-/m1/s1. The molecule has 0 saturated carbocycles. The molecule has 0 spiro atoms. The second kappa shape index (κ2) is 8.59. The number of hydrogen-bond acceptors (Lipinski definition) is 3. The quantitative estimate of drug-likeness (QED) is 0.771. The summed E-state index contributed by atoms with van der Waals surface area (Å²) in [7, 11) is 1.51. The van der Waals surface area contributed by atoms with Crippen LogP contribution in [0.2, 0.25) is 0 Å². The van der Waals surface area contributed by atoms with Crippen LogP contribution < -0.4 is 0 Å². The predicted octanol–water partition coefficient (Wildman–Crippen LogP) is 3.43. The molecule has 4 rings (SSSR count). The van der Waals surface area contributed by atoms with E-state index in [4.69, 9.17) is 4.74 Å². The fourth-order valence-corrected chi connectivity index (χ4v) is 4.91. The van der Waals surface area contributed by atoms with Gasteiger partial charge in [0.2, 0.25) is 5.91 Å². The molecule has 1 amide bonds. The lowest BCUT2D eigenvalue weighted by Gasteiger charge is -2.39. The number of benzene rings is 2. The first-order valence-corrected chi connectivity index (χ1v) is 10.1. The van der Waals surface area contributed by atoms with Crippen molar-refractivity contribution in [3.8, 4) is 0 Å². The third kappa shape index (κ3) is 4.19. The Morgan fingerprint density at radius 2 is 1.93 bits per heavy atom. The SMILES string of the molecule is COCC(=O)N1CC[C@@H]2[C@H](C1)[C@@H](c1ccc(F)cc1F)CN2Cc1ccccc1. The van der Waals surface area contributed by atoms with Crippen LogP contribution in [0.5, 0.6) is 0 Å².